The molecule has 5 rings (SSSR count). The van der Waals surface area contributed by atoms with Crippen molar-refractivity contribution >= 4 is 5.91 Å². The van der Waals surface area contributed by atoms with E-state index in [4.69, 9.17) is 10.7 Å². The van der Waals surface area contributed by atoms with Crippen LogP contribution in [0.15, 0.2) is 36.7 Å². The first-order valence-corrected chi connectivity index (χ1v) is 8.94. The van der Waals surface area contributed by atoms with Crippen LogP contribution >= 0.6 is 0 Å². The number of primary amides is 1. The maximum absolute atomic E-state index is 12.0. The molecule has 3 aromatic heterocycles. The van der Waals surface area contributed by atoms with Gasteiger partial charge in [-0.2, -0.15) is 0 Å². The van der Waals surface area contributed by atoms with Crippen LogP contribution in [0.4, 0.5) is 0 Å². The Morgan fingerprint density at radius 1 is 1.23 bits per heavy atom. The molecule has 3 aromatic rings. The highest BCUT2D eigenvalue weighted by molar-refractivity contribution is 6.00. The molecule has 2 N–H and O–H groups in total. The normalized spacial score (nSPS) is 20.3. The van der Waals surface area contributed by atoms with Gasteiger partial charge in [0.1, 0.15) is 11.5 Å². The van der Waals surface area contributed by atoms with Gasteiger partial charge in [0.25, 0.3) is 5.91 Å². The lowest BCUT2D eigenvalue weighted by Gasteiger charge is -2.18. The fourth-order valence-corrected chi connectivity index (χ4v) is 4.44. The number of hydrogen-bond donors (Lipinski definition) is 1. The summed E-state index contributed by atoms with van der Waals surface area (Å²) >= 11 is 0. The standard InChI is InChI=1S/C20H19N5O/c1-11-3-2-4-16(23-11)17-18(14-7-8-22-10-15(14)19(21)26)25-13-6-5-12(9-13)20(25)24-17/h2-4,7-8,10,12-13H,5-6,9H2,1H3,(H2,21,26)/t12-,13+/m1/s1. The van der Waals surface area contributed by atoms with Crippen molar-refractivity contribution in [3.8, 4) is 22.6 Å². The molecule has 6 nitrogen and oxygen atoms in total. The predicted molar refractivity (Wildman–Crippen MR) is 97.6 cm³/mol. The van der Waals surface area contributed by atoms with Crippen LogP contribution in [-0.4, -0.2) is 25.4 Å². The van der Waals surface area contributed by atoms with Gasteiger partial charge in [0, 0.05) is 35.6 Å². The average molecular weight is 345 g/mol. The zero-order valence-electron chi connectivity index (χ0n) is 14.5. The van der Waals surface area contributed by atoms with Crippen LogP contribution < -0.4 is 5.73 Å². The molecule has 130 valence electrons. The minimum absolute atomic E-state index is 0.423. The van der Waals surface area contributed by atoms with E-state index in [0.29, 0.717) is 17.5 Å². The minimum Gasteiger partial charge on any atom is -0.366 e. The van der Waals surface area contributed by atoms with Crippen molar-refractivity contribution in [2.45, 2.75) is 38.1 Å². The number of pyridine rings is 2. The van der Waals surface area contributed by atoms with E-state index in [1.54, 1.807) is 6.20 Å². The number of carbonyl (C=O) groups excluding carboxylic acids is 1. The molecule has 26 heavy (non-hydrogen) atoms. The van der Waals surface area contributed by atoms with Crippen molar-refractivity contribution in [1.82, 2.24) is 19.5 Å². The summed E-state index contributed by atoms with van der Waals surface area (Å²) < 4.78 is 2.31. The van der Waals surface area contributed by atoms with Crippen LogP contribution in [0.2, 0.25) is 0 Å². The van der Waals surface area contributed by atoms with Gasteiger partial charge in [-0.25, -0.2) is 4.98 Å². The highest BCUT2D eigenvalue weighted by Crippen LogP contribution is 2.52. The van der Waals surface area contributed by atoms with Gasteiger partial charge in [0.05, 0.1) is 17.0 Å². The van der Waals surface area contributed by atoms with E-state index >= 15 is 0 Å². The van der Waals surface area contributed by atoms with Crippen molar-refractivity contribution < 1.29 is 4.79 Å². The van der Waals surface area contributed by atoms with Crippen LogP contribution in [0.25, 0.3) is 22.6 Å². The molecule has 0 radical (unpaired) electrons. The second-order valence-electron chi connectivity index (χ2n) is 7.15. The average Bonchev–Trinajstić information content (AvgIpc) is 3.33. The number of hydrogen-bond acceptors (Lipinski definition) is 4. The van der Waals surface area contributed by atoms with E-state index in [-0.39, 0.29) is 0 Å². The topological polar surface area (TPSA) is 86.7 Å². The van der Waals surface area contributed by atoms with Crippen LogP contribution in [0.1, 0.15) is 53.1 Å². The molecule has 1 amide bonds. The molecule has 6 heteroatoms. The quantitative estimate of drug-likeness (QED) is 0.789. The summed E-state index contributed by atoms with van der Waals surface area (Å²) in [5, 5.41) is 0. The Morgan fingerprint density at radius 2 is 2.12 bits per heavy atom. The van der Waals surface area contributed by atoms with Crippen LogP contribution in [-0.2, 0) is 0 Å². The highest BCUT2D eigenvalue weighted by atomic mass is 16.1. The van der Waals surface area contributed by atoms with Gasteiger partial charge in [-0.1, -0.05) is 6.07 Å². The Bertz CT molecular complexity index is 1040. The lowest BCUT2D eigenvalue weighted by atomic mass is 10.0. The Kier molecular flexibility index (Phi) is 3.22. The molecular weight excluding hydrogens is 326 g/mol. The van der Waals surface area contributed by atoms with E-state index < -0.39 is 5.91 Å². The van der Waals surface area contributed by atoms with Crippen molar-refractivity contribution in [1.29, 1.82) is 0 Å². The zero-order valence-corrected chi connectivity index (χ0v) is 14.5. The number of amides is 1. The van der Waals surface area contributed by atoms with Gasteiger partial charge in [-0.3, -0.25) is 14.8 Å². The Balaban J connectivity index is 1.82. The maximum atomic E-state index is 12.0. The molecule has 1 aliphatic carbocycles. The number of imidazole rings is 1. The minimum atomic E-state index is -0.477. The van der Waals surface area contributed by atoms with Gasteiger partial charge in [-0.05, 0) is 44.4 Å². The molecule has 0 aromatic carbocycles. The second-order valence-corrected chi connectivity index (χ2v) is 7.15. The molecule has 0 unspecified atom stereocenters. The maximum Gasteiger partial charge on any atom is 0.250 e. The summed E-state index contributed by atoms with van der Waals surface area (Å²) in [5.74, 6) is 1.13. The van der Waals surface area contributed by atoms with Gasteiger partial charge >= 0.3 is 0 Å². The summed E-state index contributed by atoms with van der Waals surface area (Å²) in [7, 11) is 0. The van der Waals surface area contributed by atoms with Crippen molar-refractivity contribution in [3.05, 3.63) is 53.7 Å². The number of aromatic nitrogens is 4. The summed E-state index contributed by atoms with van der Waals surface area (Å²) in [6.45, 7) is 1.97. The number of carbonyl (C=O) groups is 1. The summed E-state index contributed by atoms with van der Waals surface area (Å²) in [6.07, 6.45) is 6.70. The number of nitrogens with two attached hydrogens (primary N) is 1. The van der Waals surface area contributed by atoms with E-state index in [0.717, 1.165) is 47.0 Å². The highest BCUT2D eigenvalue weighted by Gasteiger charge is 2.41. The Labute approximate surface area is 151 Å². The SMILES string of the molecule is Cc1cccc(-c2nc3n(c2-c2ccncc2C(N)=O)[C@H]2CC[C@@H]3C2)n1. The monoisotopic (exact) mass is 345 g/mol. The fraction of sp³-hybridized carbons (Fsp3) is 0.300. The number of aryl methyl sites for hydroxylation is 1. The molecule has 1 saturated carbocycles. The molecule has 0 saturated heterocycles. The zero-order chi connectivity index (χ0) is 17.8. The smallest absolute Gasteiger partial charge is 0.250 e. The fourth-order valence-electron chi connectivity index (χ4n) is 4.44. The third-order valence-corrected chi connectivity index (χ3v) is 5.55. The van der Waals surface area contributed by atoms with Crippen molar-refractivity contribution in [3.63, 3.8) is 0 Å². The van der Waals surface area contributed by atoms with Crippen LogP contribution in [0.3, 0.4) is 0 Å². The number of nitrogens with zero attached hydrogens (tertiary/aromatic N) is 4. The van der Waals surface area contributed by atoms with Gasteiger partial charge in [0.2, 0.25) is 0 Å². The van der Waals surface area contributed by atoms with Gasteiger partial charge in [0.15, 0.2) is 0 Å². The molecular formula is C20H19N5O. The predicted octanol–water partition coefficient (Wildman–Crippen LogP) is 3.24. The molecule has 0 spiro atoms. The molecule has 2 bridgehead atoms. The summed E-state index contributed by atoms with van der Waals surface area (Å²) in [6, 6.07) is 8.22. The molecule has 1 fully saturated rings. The van der Waals surface area contributed by atoms with Gasteiger partial charge < -0.3 is 10.3 Å². The largest absolute Gasteiger partial charge is 0.366 e. The molecule has 2 atom stereocenters. The first-order chi connectivity index (χ1) is 12.6. The number of fused-ring (bicyclic) bond motifs is 5. The first-order valence-electron chi connectivity index (χ1n) is 8.94. The summed E-state index contributed by atoms with van der Waals surface area (Å²) in [5.41, 5.74) is 10.4. The van der Waals surface area contributed by atoms with Crippen LogP contribution in [0.5, 0.6) is 0 Å². The number of rotatable bonds is 3. The van der Waals surface area contributed by atoms with E-state index in [1.165, 1.54) is 12.6 Å². The third kappa shape index (κ3) is 2.11. The van der Waals surface area contributed by atoms with E-state index in [2.05, 4.69) is 14.5 Å². The molecule has 4 heterocycles. The van der Waals surface area contributed by atoms with Crippen molar-refractivity contribution in [2.24, 2.45) is 5.73 Å². The van der Waals surface area contributed by atoms with Crippen molar-refractivity contribution in [2.75, 3.05) is 0 Å². The second kappa shape index (κ2) is 5.49. The van der Waals surface area contributed by atoms with Gasteiger partial charge in [-0.15, -0.1) is 0 Å². The van der Waals surface area contributed by atoms with E-state index in [1.807, 2.05) is 31.2 Å². The third-order valence-electron chi connectivity index (χ3n) is 5.55. The Hall–Kier alpha value is -3.02. The summed E-state index contributed by atoms with van der Waals surface area (Å²) in [4.78, 5) is 25.8. The molecule has 1 aliphatic heterocycles. The molecule has 2 aliphatic rings. The van der Waals surface area contributed by atoms with Crippen LogP contribution in [0, 0.1) is 6.92 Å². The Morgan fingerprint density at radius 3 is 2.92 bits per heavy atom. The lowest BCUT2D eigenvalue weighted by Crippen LogP contribution is -2.15. The lowest BCUT2D eigenvalue weighted by molar-refractivity contribution is 0.100. The van der Waals surface area contributed by atoms with E-state index in [9.17, 15) is 4.79 Å². The first kappa shape index (κ1) is 15.3.